The summed E-state index contributed by atoms with van der Waals surface area (Å²) in [6, 6.07) is 9.55. The molecule has 0 aliphatic carbocycles. The van der Waals surface area contributed by atoms with Crippen LogP contribution in [0.25, 0.3) is 11.5 Å². The maximum atomic E-state index is 12.7. The molecule has 0 saturated carbocycles. The van der Waals surface area contributed by atoms with Gasteiger partial charge in [0.25, 0.3) is 5.22 Å². The summed E-state index contributed by atoms with van der Waals surface area (Å²) in [6.07, 6.45) is 0. The normalized spacial score (nSPS) is 13.6. The molecule has 1 amide bonds. The number of aromatic nitrogens is 4. The summed E-state index contributed by atoms with van der Waals surface area (Å²) in [5, 5.41) is 26.3. The van der Waals surface area contributed by atoms with Crippen LogP contribution < -0.4 is 9.64 Å². The van der Waals surface area contributed by atoms with Crippen molar-refractivity contribution in [2.45, 2.75) is 19.1 Å². The third-order valence-corrected chi connectivity index (χ3v) is 6.35. The van der Waals surface area contributed by atoms with Crippen molar-refractivity contribution in [3.05, 3.63) is 41.1 Å². The minimum Gasteiger partial charge on any atom is -0.497 e. The van der Waals surface area contributed by atoms with E-state index in [1.807, 2.05) is 43.0 Å². The predicted molar refractivity (Wildman–Crippen MR) is 122 cm³/mol. The van der Waals surface area contributed by atoms with Crippen molar-refractivity contribution in [2.75, 3.05) is 43.9 Å². The lowest BCUT2D eigenvalue weighted by Gasteiger charge is -2.35. The molecule has 1 fully saturated rings. The van der Waals surface area contributed by atoms with Crippen LogP contribution in [0.2, 0.25) is 0 Å². The fourth-order valence-electron chi connectivity index (χ4n) is 3.45. The molecule has 0 spiro atoms. The zero-order valence-electron chi connectivity index (χ0n) is 18.6. The largest absolute Gasteiger partial charge is 0.497 e. The predicted octanol–water partition coefficient (Wildman–Crippen LogP) is 2.46. The first-order chi connectivity index (χ1) is 16.0. The average Bonchev–Trinajstić information content (AvgIpc) is 3.33. The lowest BCUT2D eigenvalue weighted by atomic mass is 10.1. The van der Waals surface area contributed by atoms with E-state index in [0.29, 0.717) is 48.7 Å². The van der Waals surface area contributed by atoms with Gasteiger partial charge >= 0.3 is 0 Å². The van der Waals surface area contributed by atoms with Gasteiger partial charge in [0.2, 0.25) is 11.8 Å². The number of ether oxygens (including phenoxy) is 1. The van der Waals surface area contributed by atoms with E-state index >= 15 is 0 Å². The number of nitriles is 1. The van der Waals surface area contributed by atoms with Gasteiger partial charge in [-0.05, 0) is 43.7 Å². The van der Waals surface area contributed by atoms with Crippen LogP contribution in [0.5, 0.6) is 5.75 Å². The molecule has 170 valence electrons. The SMILES string of the molecule is COc1ccc(-c2nnc(SCC(=O)N3CCN(c4nnc(C)c(C)c4C#N)CC3)o2)cc1. The van der Waals surface area contributed by atoms with Crippen LogP contribution in [-0.4, -0.2) is 70.2 Å². The summed E-state index contributed by atoms with van der Waals surface area (Å²) in [5.41, 5.74) is 2.91. The molecule has 11 heteroatoms. The van der Waals surface area contributed by atoms with Gasteiger partial charge in [-0.25, -0.2) is 0 Å². The number of amides is 1. The molecule has 33 heavy (non-hydrogen) atoms. The third-order valence-electron chi connectivity index (χ3n) is 5.54. The number of carbonyl (C=O) groups excluding carboxylic acids is 1. The Morgan fingerprint density at radius 3 is 2.52 bits per heavy atom. The van der Waals surface area contributed by atoms with Gasteiger partial charge in [-0.2, -0.15) is 10.4 Å². The first-order valence-corrected chi connectivity index (χ1v) is 11.4. The van der Waals surface area contributed by atoms with Crippen molar-refractivity contribution in [1.29, 1.82) is 5.26 Å². The Hall–Kier alpha value is -3.65. The fourth-order valence-corrected chi connectivity index (χ4v) is 4.12. The van der Waals surface area contributed by atoms with Gasteiger partial charge in [0.1, 0.15) is 17.4 Å². The highest BCUT2D eigenvalue weighted by atomic mass is 32.2. The van der Waals surface area contributed by atoms with E-state index in [1.54, 1.807) is 12.0 Å². The Morgan fingerprint density at radius 1 is 1.12 bits per heavy atom. The average molecular weight is 466 g/mol. The Bertz CT molecular complexity index is 1180. The van der Waals surface area contributed by atoms with Crippen LogP contribution in [0.15, 0.2) is 33.9 Å². The van der Waals surface area contributed by atoms with E-state index in [4.69, 9.17) is 9.15 Å². The van der Waals surface area contributed by atoms with Crippen molar-refractivity contribution in [3.63, 3.8) is 0 Å². The van der Waals surface area contributed by atoms with E-state index in [9.17, 15) is 10.1 Å². The van der Waals surface area contributed by atoms with Gasteiger partial charge in [0.05, 0.1) is 18.6 Å². The Labute approximate surface area is 195 Å². The number of carbonyl (C=O) groups is 1. The van der Waals surface area contributed by atoms with Crippen LogP contribution in [0.3, 0.4) is 0 Å². The maximum absolute atomic E-state index is 12.7. The Morgan fingerprint density at radius 2 is 1.85 bits per heavy atom. The monoisotopic (exact) mass is 465 g/mol. The van der Waals surface area contributed by atoms with E-state index in [-0.39, 0.29) is 11.7 Å². The van der Waals surface area contributed by atoms with Crippen LogP contribution in [0, 0.1) is 25.2 Å². The Balaban J connectivity index is 1.31. The van der Waals surface area contributed by atoms with Crippen molar-refractivity contribution >= 4 is 23.5 Å². The van der Waals surface area contributed by atoms with Gasteiger partial charge < -0.3 is 19.0 Å². The topological polar surface area (TPSA) is 121 Å². The molecule has 1 aliphatic rings. The molecule has 1 aliphatic heterocycles. The fraction of sp³-hybridized carbons (Fsp3) is 0.364. The second kappa shape index (κ2) is 9.87. The van der Waals surface area contributed by atoms with Crippen molar-refractivity contribution in [2.24, 2.45) is 0 Å². The second-order valence-corrected chi connectivity index (χ2v) is 8.41. The number of anilines is 1. The molecule has 0 atom stereocenters. The molecule has 0 radical (unpaired) electrons. The molecule has 0 bridgehead atoms. The first kappa shape index (κ1) is 22.5. The number of methoxy groups -OCH3 is 1. The number of benzene rings is 1. The highest BCUT2D eigenvalue weighted by Gasteiger charge is 2.25. The number of nitrogens with zero attached hydrogens (tertiary/aromatic N) is 7. The summed E-state index contributed by atoms with van der Waals surface area (Å²) in [6.45, 7) is 5.97. The molecule has 4 rings (SSSR count). The zero-order chi connectivity index (χ0) is 23.4. The third kappa shape index (κ3) is 4.90. The van der Waals surface area contributed by atoms with E-state index in [1.165, 1.54) is 11.8 Å². The molecule has 3 heterocycles. The molecule has 0 unspecified atom stereocenters. The number of hydrogen-bond acceptors (Lipinski definition) is 10. The summed E-state index contributed by atoms with van der Waals surface area (Å²) in [4.78, 5) is 16.5. The molecule has 2 aromatic heterocycles. The molecule has 3 aromatic rings. The van der Waals surface area contributed by atoms with E-state index < -0.39 is 0 Å². The van der Waals surface area contributed by atoms with Crippen molar-refractivity contribution in [3.8, 4) is 23.3 Å². The number of aryl methyl sites for hydroxylation is 1. The second-order valence-electron chi connectivity index (χ2n) is 7.48. The van der Waals surface area contributed by atoms with Crippen molar-refractivity contribution < 1.29 is 13.9 Å². The number of rotatable bonds is 6. The molecule has 1 aromatic carbocycles. The van der Waals surface area contributed by atoms with Crippen LogP contribution in [0.4, 0.5) is 5.82 Å². The molecular weight excluding hydrogens is 442 g/mol. The first-order valence-electron chi connectivity index (χ1n) is 10.4. The van der Waals surface area contributed by atoms with Gasteiger partial charge in [-0.15, -0.1) is 15.3 Å². The summed E-state index contributed by atoms with van der Waals surface area (Å²) >= 11 is 1.22. The molecular formula is C22H23N7O3S. The lowest BCUT2D eigenvalue weighted by Crippen LogP contribution is -2.49. The summed E-state index contributed by atoms with van der Waals surface area (Å²) in [7, 11) is 1.61. The molecule has 10 nitrogen and oxygen atoms in total. The number of hydrogen-bond donors (Lipinski definition) is 0. The van der Waals surface area contributed by atoms with Gasteiger partial charge in [-0.3, -0.25) is 4.79 Å². The van der Waals surface area contributed by atoms with Crippen molar-refractivity contribution in [1.82, 2.24) is 25.3 Å². The quantitative estimate of drug-likeness (QED) is 0.502. The van der Waals surface area contributed by atoms with Crippen LogP contribution in [-0.2, 0) is 4.79 Å². The van der Waals surface area contributed by atoms with Crippen LogP contribution >= 0.6 is 11.8 Å². The van der Waals surface area contributed by atoms with Crippen LogP contribution in [0.1, 0.15) is 16.8 Å². The Kier molecular flexibility index (Phi) is 6.74. The summed E-state index contributed by atoms with van der Waals surface area (Å²) < 4.78 is 10.8. The standard InChI is InChI=1S/C22H23N7O3S/c1-14-15(2)24-25-20(18(14)12-23)29-10-8-28(9-11-29)19(30)13-33-22-27-26-21(32-22)16-4-6-17(31-3)7-5-16/h4-7H,8-11,13H2,1-3H3. The van der Waals surface area contributed by atoms with Gasteiger partial charge in [0.15, 0.2) is 5.82 Å². The highest BCUT2D eigenvalue weighted by Crippen LogP contribution is 2.26. The van der Waals surface area contributed by atoms with Gasteiger partial charge in [-0.1, -0.05) is 11.8 Å². The minimum atomic E-state index is -0.00414. The number of thioether (sulfide) groups is 1. The van der Waals surface area contributed by atoms with E-state index in [2.05, 4.69) is 26.5 Å². The zero-order valence-corrected chi connectivity index (χ0v) is 19.4. The maximum Gasteiger partial charge on any atom is 0.277 e. The molecule has 1 saturated heterocycles. The number of piperazine rings is 1. The summed E-state index contributed by atoms with van der Waals surface area (Å²) in [5.74, 6) is 1.92. The highest BCUT2D eigenvalue weighted by molar-refractivity contribution is 7.99. The van der Waals surface area contributed by atoms with E-state index in [0.717, 1.165) is 22.6 Å². The smallest absolute Gasteiger partial charge is 0.277 e. The minimum absolute atomic E-state index is 0.00414. The van der Waals surface area contributed by atoms with Gasteiger partial charge in [0, 0.05) is 31.7 Å². The molecule has 0 N–H and O–H groups in total. The lowest BCUT2D eigenvalue weighted by molar-refractivity contribution is -0.128.